The summed E-state index contributed by atoms with van der Waals surface area (Å²) in [6.45, 7) is -2.38. The molecule has 0 aromatic rings. The van der Waals surface area contributed by atoms with Crippen LogP contribution in [0.15, 0.2) is 0 Å². The fraction of sp³-hybridized carbons (Fsp3) is 0.917. The van der Waals surface area contributed by atoms with E-state index in [2.05, 4.69) is 8.37 Å². The van der Waals surface area contributed by atoms with E-state index in [0.717, 1.165) is 0 Å². The number of aliphatic hydroxyl groups excluding tert-OH is 8. The van der Waals surface area contributed by atoms with Gasteiger partial charge in [-0.2, -0.15) is 16.8 Å². The van der Waals surface area contributed by atoms with Crippen molar-refractivity contribution in [3.8, 4) is 0 Å². The van der Waals surface area contributed by atoms with Gasteiger partial charge in [-0.25, -0.2) is 13.2 Å². The second-order valence-corrected chi connectivity index (χ2v) is 14.5. The van der Waals surface area contributed by atoms with Gasteiger partial charge in [-0.15, -0.1) is 0 Å². The topological polar surface area (TPSA) is 460 Å². The summed E-state index contributed by atoms with van der Waals surface area (Å²) in [5.74, 6) is -1.93. The van der Waals surface area contributed by atoms with E-state index in [0.29, 0.717) is 0 Å². The lowest BCUT2D eigenvalue weighted by Crippen LogP contribution is -2.69. The van der Waals surface area contributed by atoms with Crippen molar-refractivity contribution in [2.24, 2.45) is 11.5 Å². The van der Waals surface area contributed by atoms with E-state index in [1.807, 2.05) is 0 Å². The Morgan fingerprint density at radius 2 is 1.06 bits per heavy atom. The zero-order valence-corrected chi connectivity index (χ0v) is 28.7. The highest BCUT2D eigenvalue weighted by molar-refractivity contribution is 7.81. The minimum atomic E-state index is -5.25. The quantitative estimate of drug-likeness (QED) is 0.0570. The molecule has 8 unspecified atom stereocenters. The van der Waals surface area contributed by atoms with Gasteiger partial charge in [-0.3, -0.25) is 9.11 Å². The van der Waals surface area contributed by atoms with Crippen molar-refractivity contribution in [3.05, 3.63) is 0 Å². The summed E-state index contributed by atoms with van der Waals surface area (Å²) < 4.78 is 109. The van der Waals surface area contributed by atoms with Crippen molar-refractivity contribution in [2.75, 3.05) is 13.2 Å². The number of nitrogens with two attached hydrogens (primary N) is 2. The van der Waals surface area contributed by atoms with Crippen molar-refractivity contribution in [3.63, 3.8) is 0 Å². The third-order valence-corrected chi connectivity index (χ3v) is 9.49. The SMILES string of the molecule is NC1[C@@H](O[C@H]2C(O)C(O)[C@H](O[C@H]3C(O)C(N)[C@@H](O)O[C@H]3COS(=O)(=O)O)O[C@H]2C(=O)O)OC(COS(=O)(=O)O)[C@@H](O[C@@H]2OC(C=O)[C@@H](O)C(O)[C@@H]2O)[C@@H]1O. The van der Waals surface area contributed by atoms with Gasteiger partial charge in [0.25, 0.3) is 0 Å². The first-order valence-electron chi connectivity index (χ1n) is 15.4. The first-order valence-corrected chi connectivity index (χ1v) is 18.1. The molecule has 28 nitrogen and oxygen atoms in total. The second-order valence-electron chi connectivity index (χ2n) is 12.3. The summed E-state index contributed by atoms with van der Waals surface area (Å²) in [4.78, 5) is 23.6. The standard InChI is InChI=1S/C24H40N2O26S2/c25-7-10(29)16(5(46-21(7)37)2-44-53(38,39)40)50-24-15(34)13(32)18(19(52-24)20(35)36)51-22-8(26)11(30)17(6(48-22)3-45-54(41,42)43)49-23-14(33)12(31)9(28)4(1-27)47-23/h1,4-19,21-24,28-34,37H,2-3,25-26H2,(H,35,36)(H,38,39,40)(H,41,42,43)/t4?,5-,6?,7?,8?,9+,10?,11+,12?,13?,14-,15?,16+,17+,18-,19+,21-,22+,23-,24+/m0/s1. The number of carboxylic acid groups (broad SMARTS) is 1. The summed E-state index contributed by atoms with van der Waals surface area (Å²) in [7, 11) is -10.4. The third kappa shape index (κ3) is 10.4. The molecule has 4 rings (SSSR count). The van der Waals surface area contributed by atoms with E-state index >= 15 is 0 Å². The first kappa shape index (κ1) is 44.9. The van der Waals surface area contributed by atoms with Crippen LogP contribution in [0, 0.1) is 0 Å². The molecule has 4 aliphatic rings. The van der Waals surface area contributed by atoms with Crippen molar-refractivity contribution in [1.82, 2.24) is 0 Å². The van der Waals surface area contributed by atoms with Gasteiger partial charge in [0.1, 0.15) is 79.4 Å². The van der Waals surface area contributed by atoms with Crippen LogP contribution in [0.4, 0.5) is 0 Å². The molecule has 4 aliphatic heterocycles. The number of hydrogen-bond donors (Lipinski definition) is 13. The number of aliphatic hydroxyl groups is 8. The molecule has 4 saturated heterocycles. The largest absolute Gasteiger partial charge is 0.479 e. The smallest absolute Gasteiger partial charge is 0.397 e. The van der Waals surface area contributed by atoms with Crippen LogP contribution in [0.5, 0.6) is 0 Å². The minimum absolute atomic E-state index is 0.0416. The molecule has 15 N–H and O–H groups in total. The maximum absolute atomic E-state index is 12.3. The molecule has 30 heteroatoms. The number of rotatable bonds is 14. The number of hydrogen-bond acceptors (Lipinski definition) is 25. The van der Waals surface area contributed by atoms with Crippen molar-refractivity contribution < 1.29 is 123 Å². The van der Waals surface area contributed by atoms with Gasteiger partial charge in [0.15, 0.2) is 37.6 Å². The van der Waals surface area contributed by atoms with E-state index in [-0.39, 0.29) is 6.29 Å². The number of aldehydes is 1. The summed E-state index contributed by atoms with van der Waals surface area (Å²) in [5.41, 5.74) is 11.7. The van der Waals surface area contributed by atoms with Crippen molar-refractivity contribution in [2.45, 2.75) is 123 Å². The van der Waals surface area contributed by atoms with E-state index in [9.17, 15) is 72.4 Å². The average Bonchev–Trinajstić information content (AvgIpc) is 3.08. The van der Waals surface area contributed by atoms with Crippen LogP contribution in [0.25, 0.3) is 0 Å². The van der Waals surface area contributed by atoms with Gasteiger partial charge < -0.3 is 95.4 Å². The lowest BCUT2D eigenvalue weighted by molar-refractivity contribution is -0.368. The van der Waals surface area contributed by atoms with Crippen LogP contribution in [0.2, 0.25) is 0 Å². The van der Waals surface area contributed by atoms with Gasteiger partial charge in [0.05, 0.1) is 25.3 Å². The Morgan fingerprint density at radius 1 is 0.593 bits per heavy atom. The molecule has 0 aromatic carbocycles. The highest BCUT2D eigenvalue weighted by atomic mass is 32.3. The van der Waals surface area contributed by atoms with Crippen molar-refractivity contribution >= 4 is 33.1 Å². The lowest BCUT2D eigenvalue weighted by Gasteiger charge is -2.48. The molecule has 0 bridgehead atoms. The average molecular weight is 837 g/mol. The van der Waals surface area contributed by atoms with Gasteiger partial charge in [-0.1, -0.05) is 0 Å². The number of carboxylic acids is 1. The van der Waals surface area contributed by atoms with E-state index < -0.39 is 163 Å². The molecule has 0 spiro atoms. The van der Waals surface area contributed by atoms with Crippen LogP contribution in [-0.4, -0.2) is 220 Å². The van der Waals surface area contributed by atoms with Crippen LogP contribution in [0.3, 0.4) is 0 Å². The highest BCUT2D eigenvalue weighted by Crippen LogP contribution is 2.34. The fourth-order valence-electron chi connectivity index (χ4n) is 5.79. The Hall–Kier alpha value is -1.80. The maximum Gasteiger partial charge on any atom is 0.397 e. The minimum Gasteiger partial charge on any atom is -0.479 e. The maximum atomic E-state index is 12.3. The number of carbonyl (C=O) groups is 2. The van der Waals surface area contributed by atoms with Gasteiger partial charge >= 0.3 is 26.8 Å². The second kappa shape index (κ2) is 17.8. The number of carbonyl (C=O) groups excluding carboxylic acids is 1. The Kier molecular flexibility index (Phi) is 14.8. The normalized spacial score (nSPS) is 46.5. The zero-order valence-electron chi connectivity index (χ0n) is 27.1. The summed E-state index contributed by atoms with van der Waals surface area (Å²) in [6, 6.07) is -3.54. The molecule has 4 heterocycles. The van der Waals surface area contributed by atoms with Crippen LogP contribution in [0.1, 0.15) is 0 Å². The number of ether oxygens (including phenoxy) is 7. The predicted octanol–water partition coefficient (Wildman–Crippen LogP) is -9.86. The van der Waals surface area contributed by atoms with E-state index in [1.54, 1.807) is 0 Å². The molecule has 4 fully saturated rings. The van der Waals surface area contributed by atoms with Crippen molar-refractivity contribution in [1.29, 1.82) is 0 Å². The monoisotopic (exact) mass is 836 g/mol. The molecule has 0 aromatic heterocycles. The van der Waals surface area contributed by atoms with Crippen LogP contribution < -0.4 is 11.5 Å². The Bertz CT molecular complexity index is 1510. The zero-order chi connectivity index (χ0) is 40.6. The van der Waals surface area contributed by atoms with E-state index in [4.69, 9.17) is 53.7 Å². The van der Waals surface area contributed by atoms with Gasteiger partial charge in [0, 0.05) is 0 Å². The molecule has 0 saturated carbocycles. The predicted molar refractivity (Wildman–Crippen MR) is 158 cm³/mol. The third-order valence-electron chi connectivity index (χ3n) is 8.63. The van der Waals surface area contributed by atoms with Gasteiger partial charge in [0.2, 0.25) is 0 Å². The Balaban J connectivity index is 1.55. The number of aliphatic carboxylic acids is 1. The lowest BCUT2D eigenvalue weighted by atomic mass is 9.94. The molecule has 20 atom stereocenters. The van der Waals surface area contributed by atoms with E-state index in [1.165, 1.54) is 0 Å². The Morgan fingerprint density at radius 3 is 1.56 bits per heavy atom. The molecule has 54 heavy (non-hydrogen) atoms. The molecule has 0 radical (unpaired) electrons. The molecule has 0 aliphatic carbocycles. The Labute approximate surface area is 303 Å². The summed E-state index contributed by atoms with van der Waals surface area (Å²) in [5, 5.41) is 93.9. The summed E-state index contributed by atoms with van der Waals surface area (Å²) in [6.07, 6.45) is -37.1. The first-order chi connectivity index (χ1) is 24.9. The molecular weight excluding hydrogens is 796 g/mol. The molecular formula is C24H40N2O26S2. The van der Waals surface area contributed by atoms with Crippen LogP contribution in [-0.2, 0) is 71.9 Å². The highest BCUT2D eigenvalue weighted by Gasteiger charge is 2.56. The summed E-state index contributed by atoms with van der Waals surface area (Å²) >= 11 is 0. The van der Waals surface area contributed by atoms with Crippen LogP contribution >= 0.6 is 0 Å². The van der Waals surface area contributed by atoms with Gasteiger partial charge in [-0.05, 0) is 0 Å². The molecule has 314 valence electrons. The fourth-order valence-corrected chi connectivity index (χ4v) is 6.40. The molecule has 0 amide bonds.